The molecule has 0 fully saturated rings. The highest BCUT2D eigenvalue weighted by Gasteiger charge is 2.06. The van der Waals surface area contributed by atoms with Gasteiger partial charge in [0.25, 0.3) is 6.01 Å². The van der Waals surface area contributed by atoms with E-state index >= 15 is 0 Å². The van der Waals surface area contributed by atoms with Gasteiger partial charge in [0.15, 0.2) is 5.58 Å². The standard InChI is InChI=1S/C13H10BrN3O/c14-8-2-1-3-10(6-8)16-13-17-11-5-4-9(15)7-12(11)18-13/h1-7H,15H2,(H,16,17). The highest BCUT2D eigenvalue weighted by Crippen LogP contribution is 2.24. The van der Waals surface area contributed by atoms with Crippen molar-refractivity contribution in [2.75, 3.05) is 11.1 Å². The molecule has 0 unspecified atom stereocenters. The molecule has 0 aliphatic carbocycles. The molecule has 0 spiro atoms. The molecular formula is C13H10BrN3O. The lowest BCUT2D eigenvalue weighted by Crippen LogP contribution is -1.89. The zero-order valence-electron chi connectivity index (χ0n) is 9.35. The normalized spacial score (nSPS) is 10.7. The van der Waals surface area contributed by atoms with Crippen molar-refractivity contribution in [3.63, 3.8) is 0 Å². The number of nitrogens with one attached hydrogen (secondary N) is 1. The van der Waals surface area contributed by atoms with Gasteiger partial charge in [-0.1, -0.05) is 22.0 Å². The number of oxazole rings is 1. The second kappa shape index (κ2) is 4.34. The molecule has 3 N–H and O–H groups in total. The summed E-state index contributed by atoms with van der Waals surface area (Å²) >= 11 is 3.41. The van der Waals surface area contributed by atoms with Crippen LogP contribution in [0.5, 0.6) is 0 Å². The molecule has 0 saturated carbocycles. The number of fused-ring (bicyclic) bond motifs is 1. The van der Waals surface area contributed by atoms with E-state index in [0.717, 1.165) is 15.7 Å². The van der Waals surface area contributed by atoms with Gasteiger partial charge in [-0.05, 0) is 30.3 Å². The van der Waals surface area contributed by atoms with Gasteiger partial charge in [0.2, 0.25) is 0 Å². The summed E-state index contributed by atoms with van der Waals surface area (Å²) in [5, 5.41) is 3.11. The summed E-state index contributed by atoms with van der Waals surface area (Å²) in [5.41, 5.74) is 8.71. The van der Waals surface area contributed by atoms with Gasteiger partial charge in [-0.2, -0.15) is 4.98 Å². The number of hydrogen-bond acceptors (Lipinski definition) is 4. The largest absolute Gasteiger partial charge is 0.423 e. The molecule has 1 aromatic heterocycles. The Balaban J connectivity index is 1.95. The molecule has 0 amide bonds. The second-order valence-electron chi connectivity index (χ2n) is 3.88. The summed E-state index contributed by atoms with van der Waals surface area (Å²) in [4.78, 5) is 4.33. The Labute approximate surface area is 112 Å². The first-order valence-electron chi connectivity index (χ1n) is 5.39. The lowest BCUT2D eigenvalue weighted by atomic mass is 10.3. The van der Waals surface area contributed by atoms with Crippen LogP contribution >= 0.6 is 15.9 Å². The Morgan fingerprint density at radius 2 is 2.06 bits per heavy atom. The van der Waals surface area contributed by atoms with E-state index < -0.39 is 0 Å². The van der Waals surface area contributed by atoms with Crippen molar-refractivity contribution in [3.8, 4) is 0 Å². The number of benzene rings is 2. The third kappa shape index (κ3) is 2.17. The van der Waals surface area contributed by atoms with Crippen LogP contribution in [0.1, 0.15) is 0 Å². The first kappa shape index (κ1) is 11.1. The molecule has 3 rings (SSSR count). The Morgan fingerprint density at radius 1 is 1.17 bits per heavy atom. The summed E-state index contributed by atoms with van der Waals surface area (Å²) in [5.74, 6) is 0. The van der Waals surface area contributed by atoms with Crippen molar-refractivity contribution in [1.82, 2.24) is 4.98 Å². The van der Waals surface area contributed by atoms with Crippen LogP contribution in [0.3, 0.4) is 0 Å². The van der Waals surface area contributed by atoms with Gasteiger partial charge in [0, 0.05) is 21.9 Å². The molecule has 0 radical (unpaired) electrons. The number of rotatable bonds is 2. The molecule has 4 nitrogen and oxygen atoms in total. The molecular weight excluding hydrogens is 294 g/mol. The van der Waals surface area contributed by atoms with E-state index in [1.165, 1.54) is 0 Å². The third-order valence-corrected chi connectivity index (χ3v) is 2.98. The van der Waals surface area contributed by atoms with Gasteiger partial charge in [0.1, 0.15) is 5.52 Å². The maximum atomic E-state index is 5.69. The zero-order valence-corrected chi connectivity index (χ0v) is 10.9. The fourth-order valence-corrected chi connectivity index (χ4v) is 2.08. The van der Waals surface area contributed by atoms with Crippen LogP contribution in [0, 0.1) is 0 Å². The Kier molecular flexibility index (Phi) is 2.68. The molecule has 5 heteroatoms. The van der Waals surface area contributed by atoms with E-state index in [2.05, 4.69) is 26.2 Å². The van der Waals surface area contributed by atoms with Gasteiger partial charge in [0.05, 0.1) is 0 Å². The minimum Gasteiger partial charge on any atom is -0.423 e. The molecule has 0 aliphatic rings. The van der Waals surface area contributed by atoms with Crippen LogP contribution in [0.25, 0.3) is 11.1 Å². The minimum absolute atomic E-state index is 0.453. The van der Waals surface area contributed by atoms with Crippen LogP contribution in [-0.2, 0) is 0 Å². The topological polar surface area (TPSA) is 64.1 Å². The summed E-state index contributed by atoms with van der Waals surface area (Å²) in [6, 6.07) is 13.6. The van der Waals surface area contributed by atoms with Crippen molar-refractivity contribution < 1.29 is 4.42 Å². The summed E-state index contributed by atoms with van der Waals surface area (Å²) in [6.45, 7) is 0. The molecule has 0 saturated heterocycles. The maximum absolute atomic E-state index is 5.69. The lowest BCUT2D eigenvalue weighted by Gasteiger charge is -2.00. The highest BCUT2D eigenvalue weighted by atomic mass is 79.9. The van der Waals surface area contributed by atoms with Gasteiger partial charge in [-0.25, -0.2) is 0 Å². The zero-order chi connectivity index (χ0) is 12.5. The molecule has 90 valence electrons. The van der Waals surface area contributed by atoms with Gasteiger partial charge < -0.3 is 15.5 Å². The Hall–Kier alpha value is -2.01. The number of anilines is 3. The van der Waals surface area contributed by atoms with Gasteiger partial charge in [-0.15, -0.1) is 0 Å². The van der Waals surface area contributed by atoms with Crippen LogP contribution in [0.4, 0.5) is 17.4 Å². The average molecular weight is 304 g/mol. The Morgan fingerprint density at radius 3 is 2.89 bits per heavy atom. The minimum atomic E-state index is 0.453. The van der Waals surface area contributed by atoms with Crippen LogP contribution in [0.15, 0.2) is 51.4 Å². The first-order chi connectivity index (χ1) is 8.70. The van der Waals surface area contributed by atoms with Gasteiger partial charge in [-0.3, -0.25) is 0 Å². The highest BCUT2D eigenvalue weighted by molar-refractivity contribution is 9.10. The number of halogens is 1. The summed E-state index contributed by atoms with van der Waals surface area (Å²) < 4.78 is 6.57. The fourth-order valence-electron chi connectivity index (χ4n) is 1.68. The smallest absolute Gasteiger partial charge is 0.300 e. The SMILES string of the molecule is Nc1ccc2nc(Nc3cccc(Br)c3)oc2c1. The molecule has 3 aromatic rings. The lowest BCUT2D eigenvalue weighted by molar-refractivity contribution is 0.623. The predicted octanol–water partition coefficient (Wildman–Crippen LogP) is 3.92. The number of hydrogen-bond donors (Lipinski definition) is 2. The molecule has 0 bridgehead atoms. The number of aromatic nitrogens is 1. The van der Waals surface area contributed by atoms with Crippen LogP contribution in [-0.4, -0.2) is 4.98 Å². The third-order valence-electron chi connectivity index (χ3n) is 2.49. The van der Waals surface area contributed by atoms with Crippen molar-refractivity contribution in [2.24, 2.45) is 0 Å². The Bertz CT molecular complexity index is 708. The van der Waals surface area contributed by atoms with Crippen molar-refractivity contribution in [2.45, 2.75) is 0 Å². The molecule has 0 atom stereocenters. The number of nitrogen functional groups attached to an aromatic ring is 1. The van der Waals surface area contributed by atoms with E-state index in [-0.39, 0.29) is 0 Å². The molecule has 0 aliphatic heterocycles. The quantitative estimate of drug-likeness (QED) is 0.704. The number of nitrogens with zero attached hydrogens (tertiary/aromatic N) is 1. The van der Waals surface area contributed by atoms with E-state index in [4.69, 9.17) is 10.2 Å². The van der Waals surface area contributed by atoms with Crippen molar-refractivity contribution >= 4 is 44.4 Å². The molecule has 18 heavy (non-hydrogen) atoms. The van der Waals surface area contributed by atoms with E-state index in [1.54, 1.807) is 12.1 Å². The fraction of sp³-hybridized carbons (Fsp3) is 0. The second-order valence-corrected chi connectivity index (χ2v) is 4.80. The van der Waals surface area contributed by atoms with Crippen LogP contribution < -0.4 is 11.1 Å². The van der Waals surface area contributed by atoms with Crippen LogP contribution in [0.2, 0.25) is 0 Å². The predicted molar refractivity (Wildman–Crippen MR) is 75.8 cm³/mol. The van der Waals surface area contributed by atoms with E-state index in [1.807, 2.05) is 30.3 Å². The molecule has 1 heterocycles. The average Bonchev–Trinajstić information content (AvgIpc) is 2.70. The van der Waals surface area contributed by atoms with Crippen molar-refractivity contribution in [1.29, 1.82) is 0 Å². The summed E-state index contributed by atoms with van der Waals surface area (Å²) in [7, 11) is 0. The van der Waals surface area contributed by atoms with Gasteiger partial charge >= 0.3 is 0 Å². The first-order valence-corrected chi connectivity index (χ1v) is 6.19. The maximum Gasteiger partial charge on any atom is 0.300 e. The number of nitrogens with two attached hydrogens (primary N) is 1. The van der Waals surface area contributed by atoms with E-state index in [9.17, 15) is 0 Å². The molecule has 2 aromatic carbocycles. The monoisotopic (exact) mass is 303 g/mol. The van der Waals surface area contributed by atoms with E-state index in [0.29, 0.717) is 17.3 Å². The summed E-state index contributed by atoms with van der Waals surface area (Å²) in [6.07, 6.45) is 0. The van der Waals surface area contributed by atoms with Crippen molar-refractivity contribution in [3.05, 3.63) is 46.9 Å².